The molecule has 20 heavy (non-hydrogen) atoms. The van der Waals surface area contributed by atoms with Gasteiger partial charge in [-0.3, -0.25) is 4.79 Å². The third kappa shape index (κ3) is 3.51. The number of piperidine rings is 1. The van der Waals surface area contributed by atoms with Crippen LogP contribution in [0.1, 0.15) is 30.9 Å². The van der Waals surface area contributed by atoms with Gasteiger partial charge in [0, 0.05) is 25.3 Å². The first-order valence-corrected chi connectivity index (χ1v) is 7.46. The molecule has 1 unspecified atom stereocenters. The fourth-order valence-electron chi connectivity index (χ4n) is 2.85. The molecule has 0 aromatic heterocycles. The first-order chi connectivity index (χ1) is 9.61. The first-order valence-electron chi connectivity index (χ1n) is 7.46. The molecule has 110 valence electrons. The van der Waals surface area contributed by atoms with Gasteiger partial charge in [0.25, 0.3) is 0 Å². The van der Waals surface area contributed by atoms with Gasteiger partial charge in [0.05, 0.1) is 5.92 Å². The number of amides is 1. The molecule has 1 atom stereocenters. The van der Waals surface area contributed by atoms with Gasteiger partial charge in [-0.25, -0.2) is 0 Å². The SMILES string of the molecule is CCNCc1cc(C)ccc1N1CCCC(C(N)=O)C1. The van der Waals surface area contributed by atoms with E-state index in [1.54, 1.807) is 0 Å². The first kappa shape index (κ1) is 14.9. The van der Waals surface area contributed by atoms with E-state index in [1.807, 2.05) is 0 Å². The molecule has 1 amide bonds. The van der Waals surface area contributed by atoms with Crippen LogP contribution < -0.4 is 16.0 Å². The zero-order valence-electron chi connectivity index (χ0n) is 12.5. The maximum Gasteiger partial charge on any atom is 0.222 e. The molecule has 2 rings (SSSR count). The third-order valence-corrected chi connectivity index (χ3v) is 3.96. The predicted octanol–water partition coefficient (Wildman–Crippen LogP) is 1.81. The van der Waals surface area contributed by atoms with E-state index in [1.165, 1.54) is 16.8 Å². The van der Waals surface area contributed by atoms with E-state index < -0.39 is 0 Å². The van der Waals surface area contributed by atoms with E-state index >= 15 is 0 Å². The van der Waals surface area contributed by atoms with E-state index in [0.29, 0.717) is 0 Å². The van der Waals surface area contributed by atoms with E-state index in [-0.39, 0.29) is 11.8 Å². The van der Waals surface area contributed by atoms with Gasteiger partial charge in [-0.1, -0.05) is 24.6 Å². The van der Waals surface area contributed by atoms with Crippen molar-refractivity contribution in [3.8, 4) is 0 Å². The summed E-state index contributed by atoms with van der Waals surface area (Å²) < 4.78 is 0. The van der Waals surface area contributed by atoms with Crippen LogP contribution in [0.4, 0.5) is 5.69 Å². The minimum Gasteiger partial charge on any atom is -0.370 e. The van der Waals surface area contributed by atoms with Crippen molar-refractivity contribution in [2.75, 3.05) is 24.5 Å². The highest BCUT2D eigenvalue weighted by atomic mass is 16.1. The van der Waals surface area contributed by atoms with Gasteiger partial charge in [-0.05, 0) is 37.9 Å². The maximum absolute atomic E-state index is 11.4. The summed E-state index contributed by atoms with van der Waals surface area (Å²) in [7, 11) is 0. The third-order valence-electron chi connectivity index (χ3n) is 3.96. The second-order valence-corrected chi connectivity index (χ2v) is 5.60. The molecule has 1 heterocycles. The summed E-state index contributed by atoms with van der Waals surface area (Å²) in [6.45, 7) is 7.80. The summed E-state index contributed by atoms with van der Waals surface area (Å²) >= 11 is 0. The molecule has 1 fully saturated rings. The zero-order chi connectivity index (χ0) is 14.5. The normalized spacial score (nSPS) is 19.1. The molecule has 1 aromatic rings. The van der Waals surface area contributed by atoms with Crippen LogP contribution in [0, 0.1) is 12.8 Å². The maximum atomic E-state index is 11.4. The molecule has 0 bridgehead atoms. The number of anilines is 1. The molecule has 0 radical (unpaired) electrons. The van der Waals surface area contributed by atoms with Crippen molar-refractivity contribution in [3.05, 3.63) is 29.3 Å². The number of benzene rings is 1. The summed E-state index contributed by atoms with van der Waals surface area (Å²) in [5.41, 5.74) is 9.28. The summed E-state index contributed by atoms with van der Waals surface area (Å²) in [6, 6.07) is 6.54. The highest BCUT2D eigenvalue weighted by Gasteiger charge is 2.25. The molecule has 0 spiro atoms. The van der Waals surface area contributed by atoms with Gasteiger partial charge >= 0.3 is 0 Å². The minimum absolute atomic E-state index is 0.0166. The number of aryl methyl sites for hydroxylation is 1. The Bertz CT molecular complexity index is 473. The fourth-order valence-corrected chi connectivity index (χ4v) is 2.85. The topological polar surface area (TPSA) is 58.4 Å². The Balaban J connectivity index is 2.20. The van der Waals surface area contributed by atoms with E-state index in [0.717, 1.165) is 39.0 Å². The molecule has 1 aliphatic heterocycles. The van der Waals surface area contributed by atoms with Crippen LogP contribution in [-0.4, -0.2) is 25.5 Å². The lowest BCUT2D eigenvalue weighted by Crippen LogP contribution is -2.41. The second-order valence-electron chi connectivity index (χ2n) is 5.60. The molecule has 4 heteroatoms. The van der Waals surface area contributed by atoms with Crippen molar-refractivity contribution < 1.29 is 4.79 Å². The summed E-state index contributed by atoms with van der Waals surface area (Å²) in [5.74, 6) is -0.188. The molecule has 1 aromatic carbocycles. The fraction of sp³-hybridized carbons (Fsp3) is 0.562. The molecular formula is C16H25N3O. The van der Waals surface area contributed by atoms with Crippen LogP contribution in [0.25, 0.3) is 0 Å². The van der Waals surface area contributed by atoms with Crippen LogP contribution >= 0.6 is 0 Å². The lowest BCUT2D eigenvalue weighted by Gasteiger charge is -2.34. The van der Waals surface area contributed by atoms with E-state index in [9.17, 15) is 4.79 Å². The average molecular weight is 275 g/mol. The largest absolute Gasteiger partial charge is 0.370 e. The van der Waals surface area contributed by atoms with Crippen LogP contribution in [0.2, 0.25) is 0 Å². The van der Waals surface area contributed by atoms with Gasteiger partial charge in [0.2, 0.25) is 5.91 Å². The molecule has 4 nitrogen and oxygen atoms in total. The number of nitrogens with zero attached hydrogens (tertiary/aromatic N) is 1. The number of rotatable bonds is 5. The highest BCUT2D eigenvalue weighted by molar-refractivity contribution is 5.77. The lowest BCUT2D eigenvalue weighted by molar-refractivity contribution is -0.122. The number of primary amides is 1. The van der Waals surface area contributed by atoms with Crippen molar-refractivity contribution >= 4 is 11.6 Å². The van der Waals surface area contributed by atoms with Gasteiger partial charge in [0.1, 0.15) is 0 Å². The average Bonchev–Trinajstić information content (AvgIpc) is 2.45. The van der Waals surface area contributed by atoms with Crippen LogP contribution in [0.5, 0.6) is 0 Å². The summed E-state index contributed by atoms with van der Waals surface area (Å²) in [5, 5.41) is 3.39. The summed E-state index contributed by atoms with van der Waals surface area (Å²) in [6.07, 6.45) is 1.95. The van der Waals surface area contributed by atoms with Gasteiger partial charge < -0.3 is 16.0 Å². The van der Waals surface area contributed by atoms with Gasteiger partial charge in [-0.15, -0.1) is 0 Å². The quantitative estimate of drug-likeness (QED) is 0.861. The number of carbonyl (C=O) groups is 1. The predicted molar refractivity (Wildman–Crippen MR) is 82.7 cm³/mol. The van der Waals surface area contributed by atoms with Crippen molar-refractivity contribution in [2.24, 2.45) is 11.7 Å². The van der Waals surface area contributed by atoms with Crippen LogP contribution in [0.15, 0.2) is 18.2 Å². The Morgan fingerprint density at radius 1 is 1.50 bits per heavy atom. The number of hydrogen-bond donors (Lipinski definition) is 2. The van der Waals surface area contributed by atoms with Crippen LogP contribution in [-0.2, 0) is 11.3 Å². The number of carbonyl (C=O) groups excluding carboxylic acids is 1. The Morgan fingerprint density at radius 3 is 3.00 bits per heavy atom. The molecular weight excluding hydrogens is 250 g/mol. The lowest BCUT2D eigenvalue weighted by atomic mass is 9.96. The van der Waals surface area contributed by atoms with E-state index in [2.05, 4.69) is 42.3 Å². The molecule has 0 saturated carbocycles. The zero-order valence-corrected chi connectivity index (χ0v) is 12.5. The minimum atomic E-state index is -0.171. The van der Waals surface area contributed by atoms with Crippen molar-refractivity contribution in [1.29, 1.82) is 0 Å². The van der Waals surface area contributed by atoms with Gasteiger partial charge in [-0.2, -0.15) is 0 Å². The van der Waals surface area contributed by atoms with Crippen molar-refractivity contribution in [3.63, 3.8) is 0 Å². The van der Waals surface area contributed by atoms with E-state index in [4.69, 9.17) is 5.73 Å². The summed E-state index contributed by atoms with van der Waals surface area (Å²) in [4.78, 5) is 13.7. The molecule has 3 N–H and O–H groups in total. The van der Waals surface area contributed by atoms with Crippen molar-refractivity contribution in [2.45, 2.75) is 33.2 Å². The van der Waals surface area contributed by atoms with Gasteiger partial charge in [0.15, 0.2) is 0 Å². The van der Waals surface area contributed by atoms with Crippen molar-refractivity contribution in [1.82, 2.24) is 5.32 Å². The number of nitrogens with two attached hydrogens (primary N) is 1. The Morgan fingerprint density at radius 2 is 2.30 bits per heavy atom. The highest BCUT2D eigenvalue weighted by Crippen LogP contribution is 2.27. The monoisotopic (exact) mass is 275 g/mol. The number of hydrogen-bond acceptors (Lipinski definition) is 3. The number of nitrogens with one attached hydrogen (secondary N) is 1. The molecule has 1 aliphatic rings. The molecule has 1 saturated heterocycles. The Kier molecular flexibility index (Phi) is 5.01. The Hall–Kier alpha value is -1.55. The Labute approximate surface area is 121 Å². The second kappa shape index (κ2) is 6.75. The molecule has 0 aliphatic carbocycles. The van der Waals surface area contributed by atoms with Crippen LogP contribution in [0.3, 0.4) is 0 Å². The smallest absolute Gasteiger partial charge is 0.222 e. The standard InChI is InChI=1S/C16H25N3O/c1-3-18-10-14-9-12(2)6-7-15(14)19-8-4-5-13(11-19)16(17)20/h6-7,9,13,18H,3-5,8,10-11H2,1-2H3,(H2,17,20).